The van der Waals surface area contributed by atoms with Gasteiger partial charge in [0.2, 0.25) is 5.91 Å². The van der Waals surface area contributed by atoms with E-state index in [1.165, 1.54) is 19.3 Å². The Kier molecular flexibility index (Phi) is 4.64. The highest BCUT2D eigenvalue weighted by Gasteiger charge is 2.54. The Labute approximate surface area is 192 Å². The molecule has 2 aromatic heterocycles. The Bertz CT molecular complexity index is 1150. The van der Waals surface area contributed by atoms with Crippen molar-refractivity contribution in [2.45, 2.75) is 38.5 Å². The van der Waals surface area contributed by atoms with Crippen LogP contribution < -0.4 is 10.1 Å². The quantitative estimate of drug-likeness (QED) is 0.569. The van der Waals surface area contributed by atoms with Crippen molar-refractivity contribution in [1.29, 1.82) is 0 Å². The average Bonchev–Trinajstić information content (AvgIpc) is 3.40. The van der Waals surface area contributed by atoms with Crippen LogP contribution in [-0.2, 0) is 11.8 Å². The van der Waals surface area contributed by atoms with Crippen LogP contribution in [0.15, 0.2) is 35.7 Å². The highest BCUT2D eigenvalue weighted by atomic mass is 32.1. The van der Waals surface area contributed by atoms with E-state index < -0.39 is 0 Å². The lowest BCUT2D eigenvalue weighted by Gasteiger charge is -2.55. The summed E-state index contributed by atoms with van der Waals surface area (Å²) in [6, 6.07) is 9.85. The van der Waals surface area contributed by atoms with E-state index in [2.05, 4.69) is 10.4 Å². The normalized spacial score (nSPS) is 28.1. The standard InChI is InChI=1S/C25H28N4O2S/c1-29-22(27-24(30)25-11-15-6-16(12-25)8-17(7-15)13-25)10-20(28-29)23-26-21(14-32-23)18-4-3-5-19(9-18)31-2/h3-5,9-10,14-17H,6-8,11-13H2,1-2H3,(H,27,30). The molecule has 0 spiro atoms. The molecule has 0 atom stereocenters. The van der Waals surface area contributed by atoms with Gasteiger partial charge in [-0.25, -0.2) is 4.98 Å². The Morgan fingerprint density at radius 1 is 1.12 bits per heavy atom. The predicted octanol–water partition coefficient (Wildman–Crippen LogP) is 5.37. The maximum Gasteiger partial charge on any atom is 0.231 e. The largest absolute Gasteiger partial charge is 0.497 e. The molecular formula is C25H28N4O2S. The van der Waals surface area contributed by atoms with Crippen LogP contribution >= 0.6 is 11.3 Å². The molecule has 7 heteroatoms. The van der Waals surface area contributed by atoms with Crippen LogP contribution in [0.4, 0.5) is 5.82 Å². The van der Waals surface area contributed by atoms with Crippen LogP contribution in [0.1, 0.15) is 38.5 Å². The zero-order chi connectivity index (χ0) is 21.9. The van der Waals surface area contributed by atoms with E-state index in [-0.39, 0.29) is 11.3 Å². The summed E-state index contributed by atoms with van der Waals surface area (Å²) >= 11 is 1.56. The Balaban J connectivity index is 1.22. The Hall–Kier alpha value is -2.67. The van der Waals surface area contributed by atoms with Gasteiger partial charge in [0.15, 0.2) is 0 Å². The summed E-state index contributed by atoms with van der Waals surface area (Å²) < 4.78 is 7.10. The summed E-state index contributed by atoms with van der Waals surface area (Å²) in [7, 11) is 3.55. The molecule has 4 fully saturated rings. The SMILES string of the molecule is COc1cccc(-c2csc(-c3cc(NC(=O)C45CC6CC(CC(C6)C4)C5)n(C)n3)n2)c1. The number of aromatic nitrogens is 3. The van der Waals surface area contributed by atoms with Crippen LogP contribution in [0.5, 0.6) is 5.75 Å². The lowest BCUT2D eigenvalue weighted by molar-refractivity contribution is -0.140. The van der Waals surface area contributed by atoms with Crippen molar-refractivity contribution < 1.29 is 9.53 Å². The lowest BCUT2D eigenvalue weighted by atomic mass is 9.49. The van der Waals surface area contributed by atoms with Crippen LogP contribution in [0.2, 0.25) is 0 Å². The number of benzene rings is 1. The third kappa shape index (κ3) is 3.34. The molecule has 4 aliphatic carbocycles. The summed E-state index contributed by atoms with van der Waals surface area (Å²) in [5, 5.41) is 10.8. The van der Waals surface area contributed by atoms with Gasteiger partial charge in [0.05, 0.1) is 18.2 Å². The van der Waals surface area contributed by atoms with Crippen molar-refractivity contribution in [2.75, 3.05) is 12.4 Å². The molecule has 7 rings (SSSR count). The number of hydrogen-bond acceptors (Lipinski definition) is 5. The summed E-state index contributed by atoms with van der Waals surface area (Å²) in [6.07, 6.45) is 7.19. The monoisotopic (exact) mass is 448 g/mol. The molecule has 4 bridgehead atoms. The molecule has 1 N–H and O–H groups in total. The number of nitrogens with zero attached hydrogens (tertiary/aromatic N) is 3. The van der Waals surface area contributed by atoms with Crippen LogP contribution in [0.3, 0.4) is 0 Å². The zero-order valence-corrected chi connectivity index (χ0v) is 19.3. The number of rotatable bonds is 5. The fourth-order valence-electron chi connectivity index (χ4n) is 6.63. The molecule has 0 saturated heterocycles. The number of nitrogens with one attached hydrogen (secondary N) is 1. The van der Waals surface area contributed by atoms with Gasteiger partial charge in [-0.1, -0.05) is 12.1 Å². The summed E-state index contributed by atoms with van der Waals surface area (Å²) in [6.45, 7) is 0. The second-order valence-corrected chi connectivity index (χ2v) is 10.8. The fourth-order valence-corrected chi connectivity index (χ4v) is 7.42. The number of amides is 1. The summed E-state index contributed by atoms with van der Waals surface area (Å²) in [5.41, 5.74) is 2.53. The van der Waals surface area contributed by atoms with Crippen molar-refractivity contribution >= 4 is 23.1 Å². The van der Waals surface area contributed by atoms with E-state index >= 15 is 0 Å². The second kappa shape index (κ2) is 7.44. The van der Waals surface area contributed by atoms with Gasteiger partial charge in [-0.15, -0.1) is 11.3 Å². The van der Waals surface area contributed by atoms with E-state index in [1.807, 2.05) is 42.8 Å². The maximum absolute atomic E-state index is 13.4. The van der Waals surface area contributed by atoms with Crippen molar-refractivity contribution in [3.8, 4) is 27.7 Å². The molecule has 0 unspecified atom stereocenters. The first-order valence-electron chi connectivity index (χ1n) is 11.5. The van der Waals surface area contributed by atoms with Gasteiger partial charge in [-0.3, -0.25) is 9.48 Å². The topological polar surface area (TPSA) is 69.0 Å². The van der Waals surface area contributed by atoms with Crippen LogP contribution in [0.25, 0.3) is 22.0 Å². The predicted molar refractivity (Wildman–Crippen MR) is 126 cm³/mol. The van der Waals surface area contributed by atoms with Gasteiger partial charge in [0.1, 0.15) is 22.3 Å². The Morgan fingerprint density at radius 3 is 2.53 bits per heavy atom. The number of carbonyl (C=O) groups is 1. The number of anilines is 1. The minimum absolute atomic E-state index is 0.167. The molecule has 0 radical (unpaired) electrons. The highest BCUT2D eigenvalue weighted by Crippen LogP contribution is 2.60. The van der Waals surface area contributed by atoms with E-state index in [1.54, 1.807) is 23.1 Å². The molecule has 6 nitrogen and oxygen atoms in total. The minimum Gasteiger partial charge on any atom is -0.497 e. The lowest BCUT2D eigenvalue weighted by Crippen LogP contribution is -2.51. The molecule has 2 heterocycles. The molecular weight excluding hydrogens is 420 g/mol. The van der Waals surface area contributed by atoms with Gasteiger partial charge in [0, 0.05) is 24.1 Å². The van der Waals surface area contributed by atoms with Gasteiger partial charge in [-0.05, 0) is 68.4 Å². The molecule has 1 amide bonds. The fraction of sp³-hybridized carbons (Fsp3) is 0.480. The molecule has 32 heavy (non-hydrogen) atoms. The first-order chi connectivity index (χ1) is 15.5. The molecule has 3 aromatic rings. The third-order valence-corrected chi connectivity index (χ3v) is 8.59. The van der Waals surface area contributed by atoms with Crippen LogP contribution in [0, 0.1) is 23.2 Å². The van der Waals surface area contributed by atoms with Crippen molar-refractivity contribution in [2.24, 2.45) is 30.2 Å². The van der Waals surface area contributed by atoms with Crippen molar-refractivity contribution in [3.05, 3.63) is 35.7 Å². The summed E-state index contributed by atoms with van der Waals surface area (Å²) in [4.78, 5) is 18.2. The highest BCUT2D eigenvalue weighted by molar-refractivity contribution is 7.13. The number of hydrogen-bond donors (Lipinski definition) is 1. The van der Waals surface area contributed by atoms with Gasteiger partial charge < -0.3 is 10.1 Å². The Morgan fingerprint density at radius 2 is 1.84 bits per heavy atom. The first-order valence-corrected chi connectivity index (χ1v) is 12.3. The van der Waals surface area contributed by atoms with Crippen LogP contribution in [-0.4, -0.2) is 27.8 Å². The number of thiazole rings is 1. The number of carbonyl (C=O) groups excluding carboxylic acids is 1. The zero-order valence-electron chi connectivity index (χ0n) is 18.5. The van der Waals surface area contributed by atoms with E-state index in [0.29, 0.717) is 0 Å². The first kappa shape index (κ1) is 20.0. The second-order valence-electron chi connectivity index (χ2n) is 9.96. The molecule has 4 saturated carbocycles. The van der Waals surface area contributed by atoms with Crippen molar-refractivity contribution in [1.82, 2.24) is 14.8 Å². The average molecular weight is 449 g/mol. The van der Waals surface area contributed by atoms with Gasteiger partial charge in [-0.2, -0.15) is 5.10 Å². The van der Waals surface area contributed by atoms with E-state index in [0.717, 1.165) is 70.5 Å². The van der Waals surface area contributed by atoms with Gasteiger partial charge in [0.25, 0.3) is 0 Å². The maximum atomic E-state index is 13.4. The number of methoxy groups -OCH3 is 1. The minimum atomic E-state index is -0.167. The molecule has 4 aliphatic rings. The van der Waals surface area contributed by atoms with E-state index in [9.17, 15) is 4.79 Å². The molecule has 166 valence electrons. The summed E-state index contributed by atoms with van der Waals surface area (Å²) in [5.74, 6) is 4.00. The molecule has 0 aliphatic heterocycles. The molecule has 1 aromatic carbocycles. The third-order valence-electron chi connectivity index (χ3n) is 7.73. The van der Waals surface area contributed by atoms with E-state index in [4.69, 9.17) is 9.72 Å². The number of aryl methyl sites for hydroxylation is 1. The van der Waals surface area contributed by atoms with Gasteiger partial charge >= 0.3 is 0 Å². The smallest absolute Gasteiger partial charge is 0.231 e. The number of ether oxygens (including phenoxy) is 1. The van der Waals surface area contributed by atoms with Crippen molar-refractivity contribution in [3.63, 3.8) is 0 Å².